The fourth-order valence-electron chi connectivity index (χ4n) is 3.51. The van der Waals surface area contributed by atoms with Crippen LogP contribution in [0.5, 0.6) is 0 Å². The second-order valence-corrected chi connectivity index (χ2v) is 8.27. The van der Waals surface area contributed by atoms with Gasteiger partial charge in [0, 0.05) is 30.4 Å². The minimum atomic E-state index is -0.738. The van der Waals surface area contributed by atoms with E-state index in [4.69, 9.17) is 5.73 Å². The number of carbonyl (C=O) groups excluding carboxylic acids is 1. The highest BCUT2D eigenvalue weighted by Crippen LogP contribution is 2.31. The lowest BCUT2D eigenvalue weighted by molar-refractivity contribution is 0.0744. The van der Waals surface area contributed by atoms with Gasteiger partial charge in [-0.3, -0.25) is 9.48 Å². The van der Waals surface area contributed by atoms with Gasteiger partial charge in [-0.25, -0.2) is 8.78 Å². The van der Waals surface area contributed by atoms with Crippen LogP contribution in [0.1, 0.15) is 44.5 Å². The van der Waals surface area contributed by atoms with Crippen molar-refractivity contribution < 1.29 is 13.6 Å². The molecule has 0 radical (unpaired) electrons. The first-order valence-corrected chi connectivity index (χ1v) is 9.18. The van der Waals surface area contributed by atoms with Crippen LogP contribution in [0.2, 0.25) is 0 Å². The van der Waals surface area contributed by atoms with E-state index in [1.165, 1.54) is 12.1 Å². The third-order valence-electron chi connectivity index (χ3n) is 5.07. The Morgan fingerprint density at radius 2 is 2.00 bits per heavy atom. The van der Waals surface area contributed by atoms with E-state index in [0.29, 0.717) is 18.7 Å². The van der Waals surface area contributed by atoms with Gasteiger partial charge >= 0.3 is 0 Å². The Morgan fingerprint density at radius 1 is 1.32 bits per heavy atom. The smallest absolute Gasteiger partial charge is 0.257 e. The molecule has 2 atom stereocenters. The summed E-state index contributed by atoms with van der Waals surface area (Å²) >= 11 is 0. The number of rotatable bonds is 3. The normalized spacial score (nSPS) is 19.6. The van der Waals surface area contributed by atoms with E-state index in [2.05, 4.69) is 5.10 Å². The minimum absolute atomic E-state index is 0. The number of halogens is 3. The molecule has 28 heavy (non-hydrogen) atoms. The molecule has 1 fully saturated rings. The van der Waals surface area contributed by atoms with Crippen molar-refractivity contribution in [1.29, 1.82) is 0 Å². The van der Waals surface area contributed by atoms with E-state index < -0.39 is 11.6 Å². The highest BCUT2D eigenvalue weighted by molar-refractivity contribution is 6.00. The Labute approximate surface area is 170 Å². The van der Waals surface area contributed by atoms with Crippen molar-refractivity contribution in [2.75, 3.05) is 13.1 Å². The van der Waals surface area contributed by atoms with Crippen molar-refractivity contribution >= 4 is 18.3 Å². The molecular weight excluding hydrogens is 386 g/mol. The summed E-state index contributed by atoms with van der Waals surface area (Å²) in [7, 11) is 0. The van der Waals surface area contributed by atoms with Gasteiger partial charge in [0.2, 0.25) is 0 Å². The molecule has 0 bridgehead atoms. The summed E-state index contributed by atoms with van der Waals surface area (Å²) in [6, 6.07) is 3.36. The lowest BCUT2D eigenvalue weighted by Gasteiger charge is -2.21. The predicted octanol–water partition coefficient (Wildman–Crippen LogP) is 3.81. The molecule has 2 unspecified atom stereocenters. The van der Waals surface area contributed by atoms with Crippen molar-refractivity contribution in [2.45, 2.75) is 45.7 Å². The topological polar surface area (TPSA) is 64.2 Å². The zero-order valence-corrected chi connectivity index (χ0v) is 17.4. The molecule has 5 nitrogen and oxygen atoms in total. The Bertz CT molecular complexity index is 862. The number of amides is 1. The molecule has 0 aliphatic carbocycles. The van der Waals surface area contributed by atoms with Gasteiger partial charge in [0.1, 0.15) is 17.3 Å². The summed E-state index contributed by atoms with van der Waals surface area (Å²) in [6.45, 7) is 8.92. The van der Waals surface area contributed by atoms with Gasteiger partial charge in [0.25, 0.3) is 5.91 Å². The highest BCUT2D eigenvalue weighted by atomic mass is 35.5. The number of hydrogen-bond donors (Lipinski definition) is 1. The fourth-order valence-corrected chi connectivity index (χ4v) is 3.51. The Balaban J connectivity index is 0.00000280. The largest absolute Gasteiger partial charge is 0.335 e. The van der Waals surface area contributed by atoms with Crippen LogP contribution in [-0.2, 0) is 5.54 Å². The lowest BCUT2D eigenvalue weighted by Crippen LogP contribution is -2.34. The predicted molar refractivity (Wildman–Crippen MR) is 107 cm³/mol. The average Bonchev–Trinajstić information content (AvgIpc) is 3.18. The Kier molecular flexibility index (Phi) is 6.51. The number of hydrogen-bond acceptors (Lipinski definition) is 3. The van der Waals surface area contributed by atoms with Crippen molar-refractivity contribution in [1.82, 2.24) is 14.7 Å². The Hall–Kier alpha value is -1.99. The maximum atomic E-state index is 14.4. The van der Waals surface area contributed by atoms with Gasteiger partial charge < -0.3 is 10.6 Å². The van der Waals surface area contributed by atoms with E-state index in [1.54, 1.807) is 15.8 Å². The molecule has 3 rings (SSSR count). The maximum absolute atomic E-state index is 14.4. The van der Waals surface area contributed by atoms with Crippen molar-refractivity contribution in [2.24, 2.45) is 11.7 Å². The summed E-state index contributed by atoms with van der Waals surface area (Å²) in [5, 5.41) is 4.48. The molecule has 1 aliphatic heterocycles. The van der Waals surface area contributed by atoms with E-state index in [9.17, 15) is 13.6 Å². The molecule has 154 valence electrons. The summed E-state index contributed by atoms with van der Waals surface area (Å²) in [5.74, 6) is -1.35. The number of nitrogens with two attached hydrogens (primary N) is 1. The molecule has 1 aromatic carbocycles. The maximum Gasteiger partial charge on any atom is 0.257 e. The van der Waals surface area contributed by atoms with Crippen LogP contribution in [0, 0.1) is 17.6 Å². The monoisotopic (exact) mass is 412 g/mol. The van der Waals surface area contributed by atoms with Gasteiger partial charge in [0.05, 0.1) is 11.1 Å². The molecule has 0 spiro atoms. The first-order valence-electron chi connectivity index (χ1n) is 9.18. The average molecular weight is 413 g/mol. The third-order valence-corrected chi connectivity index (χ3v) is 5.07. The first kappa shape index (κ1) is 22.3. The van der Waals surface area contributed by atoms with Crippen LogP contribution >= 0.6 is 12.4 Å². The second-order valence-electron chi connectivity index (χ2n) is 8.27. The minimum Gasteiger partial charge on any atom is -0.335 e. The highest BCUT2D eigenvalue weighted by Gasteiger charge is 2.35. The third kappa shape index (κ3) is 4.20. The van der Waals surface area contributed by atoms with Crippen LogP contribution in [0.4, 0.5) is 8.78 Å². The van der Waals surface area contributed by atoms with Gasteiger partial charge in [-0.05, 0) is 58.7 Å². The van der Waals surface area contributed by atoms with Gasteiger partial charge in [-0.2, -0.15) is 5.10 Å². The molecular formula is C20H27ClF2N4O. The zero-order valence-electron chi connectivity index (χ0n) is 16.6. The van der Waals surface area contributed by atoms with Gasteiger partial charge in [0.15, 0.2) is 0 Å². The molecule has 1 saturated heterocycles. The van der Waals surface area contributed by atoms with E-state index in [1.807, 2.05) is 27.7 Å². The zero-order chi connectivity index (χ0) is 19.9. The second kappa shape index (κ2) is 8.17. The molecule has 1 aliphatic rings. The fraction of sp³-hybridized carbons (Fsp3) is 0.500. The summed E-state index contributed by atoms with van der Waals surface area (Å²) in [6.07, 6.45) is 2.50. The number of aromatic nitrogens is 2. The van der Waals surface area contributed by atoms with Crippen LogP contribution in [0.25, 0.3) is 11.3 Å². The summed E-state index contributed by atoms with van der Waals surface area (Å²) < 4.78 is 29.4. The van der Waals surface area contributed by atoms with Crippen molar-refractivity contribution in [3.63, 3.8) is 0 Å². The quantitative estimate of drug-likeness (QED) is 0.833. The molecule has 0 saturated carbocycles. The molecule has 2 heterocycles. The van der Waals surface area contributed by atoms with Crippen LogP contribution in [0.3, 0.4) is 0 Å². The summed E-state index contributed by atoms with van der Waals surface area (Å²) in [4.78, 5) is 15.0. The van der Waals surface area contributed by atoms with E-state index in [0.717, 1.165) is 12.5 Å². The Morgan fingerprint density at radius 3 is 2.54 bits per heavy atom. The van der Waals surface area contributed by atoms with Gasteiger partial charge in [-0.1, -0.05) is 0 Å². The van der Waals surface area contributed by atoms with E-state index in [-0.39, 0.29) is 47.1 Å². The number of nitrogens with zero attached hydrogens (tertiary/aromatic N) is 3. The molecule has 1 amide bonds. The number of likely N-dealkylation sites (tertiary alicyclic amines) is 1. The van der Waals surface area contributed by atoms with Crippen molar-refractivity contribution in [3.05, 3.63) is 41.6 Å². The molecule has 2 aromatic rings. The SMILES string of the molecule is CC1CC(CN)CN1C(=O)c1cn(C(C)(C)C)nc1-c1ccc(F)cc1F.Cl. The molecule has 8 heteroatoms. The summed E-state index contributed by atoms with van der Waals surface area (Å²) in [5.41, 5.74) is 6.05. The molecule has 2 N–H and O–H groups in total. The van der Waals surface area contributed by atoms with Crippen molar-refractivity contribution in [3.8, 4) is 11.3 Å². The lowest BCUT2D eigenvalue weighted by atomic mass is 10.1. The van der Waals surface area contributed by atoms with Gasteiger partial charge in [-0.15, -0.1) is 12.4 Å². The van der Waals surface area contributed by atoms with Crippen LogP contribution in [-0.4, -0.2) is 39.7 Å². The standard InChI is InChI=1S/C20H26F2N4O.ClH/c1-12-7-13(9-23)10-25(12)19(27)16-11-26(20(2,3)4)24-18(16)15-6-5-14(21)8-17(15)22;/h5-6,8,11-13H,7,9-10,23H2,1-4H3;1H. The number of carbonyl (C=O) groups is 1. The first-order chi connectivity index (χ1) is 12.6. The van der Waals surface area contributed by atoms with E-state index >= 15 is 0 Å². The van der Waals surface area contributed by atoms with Crippen LogP contribution in [0.15, 0.2) is 24.4 Å². The number of benzene rings is 1. The molecule has 1 aromatic heterocycles. The van der Waals surface area contributed by atoms with Crippen LogP contribution < -0.4 is 5.73 Å².